The second-order valence-corrected chi connectivity index (χ2v) is 6.35. The summed E-state index contributed by atoms with van der Waals surface area (Å²) in [6.45, 7) is 5.77. The van der Waals surface area contributed by atoms with Gasteiger partial charge in [-0.05, 0) is 32.4 Å². The lowest BCUT2D eigenvalue weighted by Crippen LogP contribution is -2.43. The molecule has 25 heavy (non-hydrogen) atoms. The molecular weight excluding hydrogens is 318 g/mol. The van der Waals surface area contributed by atoms with Crippen LogP contribution < -0.4 is 10.9 Å². The third-order valence-corrected chi connectivity index (χ3v) is 3.95. The Kier molecular flexibility index (Phi) is 4.22. The third-order valence-electron chi connectivity index (χ3n) is 3.95. The normalized spacial score (nSPS) is 11.3. The van der Waals surface area contributed by atoms with E-state index in [1.54, 1.807) is 18.5 Å². The molecule has 0 aliphatic heterocycles. The van der Waals surface area contributed by atoms with Crippen LogP contribution in [0.3, 0.4) is 0 Å². The first-order chi connectivity index (χ1) is 11.9. The van der Waals surface area contributed by atoms with Crippen molar-refractivity contribution in [2.75, 3.05) is 0 Å². The van der Waals surface area contributed by atoms with E-state index in [2.05, 4.69) is 20.4 Å². The lowest BCUT2D eigenvalue weighted by Gasteiger charge is -2.27. The van der Waals surface area contributed by atoms with Gasteiger partial charge < -0.3 is 5.32 Å². The molecule has 0 bridgehead atoms. The molecule has 2 aromatic heterocycles. The van der Waals surface area contributed by atoms with E-state index in [0.29, 0.717) is 0 Å². The molecule has 0 atom stereocenters. The van der Waals surface area contributed by atoms with Crippen LogP contribution in [0.5, 0.6) is 0 Å². The molecule has 0 fully saturated rings. The first kappa shape index (κ1) is 16.6. The summed E-state index contributed by atoms with van der Waals surface area (Å²) in [7, 11) is 0. The number of aryl methyl sites for hydroxylation is 1. The number of benzene rings is 1. The van der Waals surface area contributed by atoms with E-state index in [0.717, 1.165) is 11.1 Å². The molecule has 0 saturated heterocycles. The monoisotopic (exact) mass is 337 g/mol. The van der Waals surface area contributed by atoms with Gasteiger partial charge in [-0.1, -0.05) is 29.8 Å². The molecule has 3 rings (SSSR count). The Bertz CT molecular complexity index is 940. The minimum atomic E-state index is -0.627. The number of amides is 1. The summed E-state index contributed by atoms with van der Waals surface area (Å²) >= 11 is 0. The molecular formula is C18H19N5O2. The number of carbonyl (C=O) groups is 1. The zero-order valence-corrected chi connectivity index (χ0v) is 14.3. The first-order valence-electron chi connectivity index (χ1n) is 7.86. The first-order valence-corrected chi connectivity index (χ1v) is 7.86. The molecule has 0 aliphatic rings. The quantitative estimate of drug-likeness (QED) is 0.761. The Morgan fingerprint density at radius 1 is 1.24 bits per heavy atom. The molecule has 7 heteroatoms. The summed E-state index contributed by atoms with van der Waals surface area (Å²) in [4.78, 5) is 31.4. The fourth-order valence-corrected chi connectivity index (χ4v) is 2.45. The van der Waals surface area contributed by atoms with Gasteiger partial charge in [-0.3, -0.25) is 14.6 Å². The highest BCUT2D eigenvalue weighted by atomic mass is 16.2. The smallest absolute Gasteiger partial charge is 0.265 e. The number of hydrogen-bond acceptors (Lipinski definition) is 4. The van der Waals surface area contributed by atoms with Crippen molar-refractivity contribution >= 4 is 5.91 Å². The number of H-pyrrole nitrogens is 1. The average Bonchev–Trinajstić information content (AvgIpc) is 3.09. The highest BCUT2D eigenvalue weighted by Crippen LogP contribution is 2.20. The number of aromatic amines is 1. The maximum Gasteiger partial charge on any atom is 0.265 e. The van der Waals surface area contributed by atoms with Crippen LogP contribution in [0.4, 0.5) is 0 Å². The molecule has 0 aliphatic carbocycles. The van der Waals surface area contributed by atoms with Crippen molar-refractivity contribution in [3.8, 4) is 5.95 Å². The van der Waals surface area contributed by atoms with Gasteiger partial charge in [0, 0.05) is 18.6 Å². The van der Waals surface area contributed by atoms with Gasteiger partial charge in [-0.25, -0.2) is 9.67 Å². The van der Waals surface area contributed by atoms with E-state index in [1.807, 2.05) is 45.0 Å². The van der Waals surface area contributed by atoms with Crippen molar-refractivity contribution in [2.45, 2.75) is 26.3 Å². The van der Waals surface area contributed by atoms with Gasteiger partial charge in [0.05, 0.1) is 5.54 Å². The van der Waals surface area contributed by atoms with Gasteiger partial charge in [0.25, 0.3) is 11.5 Å². The van der Waals surface area contributed by atoms with Crippen LogP contribution in [-0.2, 0) is 5.54 Å². The predicted octanol–water partition coefficient (Wildman–Crippen LogP) is 1.93. The molecule has 0 spiro atoms. The Hall–Kier alpha value is -3.22. The molecule has 3 aromatic rings. The van der Waals surface area contributed by atoms with Crippen LogP contribution in [0.25, 0.3) is 5.95 Å². The molecule has 7 nitrogen and oxygen atoms in total. The summed E-state index contributed by atoms with van der Waals surface area (Å²) in [6.07, 6.45) is 4.49. The van der Waals surface area contributed by atoms with E-state index < -0.39 is 17.0 Å². The van der Waals surface area contributed by atoms with E-state index in [9.17, 15) is 9.59 Å². The topological polar surface area (TPSA) is 92.7 Å². The van der Waals surface area contributed by atoms with Crippen LogP contribution >= 0.6 is 0 Å². The van der Waals surface area contributed by atoms with Crippen LogP contribution in [-0.4, -0.2) is 25.7 Å². The average molecular weight is 337 g/mol. The molecule has 1 aromatic carbocycles. The Morgan fingerprint density at radius 2 is 1.96 bits per heavy atom. The van der Waals surface area contributed by atoms with Crippen LogP contribution in [0.2, 0.25) is 0 Å². The highest BCUT2D eigenvalue weighted by molar-refractivity contribution is 5.94. The lowest BCUT2D eigenvalue weighted by molar-refractivity contribution is 0.0910. The lowest BCUT2D eigenvalue weighted by atomic mass is 9.93. The molecule has 0 unspecified atom stereocenters. The predicted molar refractivity (Wildman–Crippen MR) is 93.7 cm³/mol. The van der Waals surface area contributed by atoms with Gasteiger partial charge in [-0.15, -0.1) is 0 Å². The van der Waals surface area contributed by atoms with Crippen LogP contribution in [0.15, 0.2) is 53.7 Å². The number of rotatable bonds is 4. The Morgan fingerprint density at radius 3 is 2.56 bits per heavy atom. The van der Waals surface area contributed by atoms with E-state index in [4.69, 9.17) is 0 Å². The van der Waals surface area contributed by atoms with Crippen molar-refractivity contribution in [3.05, 3.63) is 76.0 Å². The number of nitrogens with zero attached hydrogens (tertiary/aromatic N) is 3. The van der Waals surface area contributed by atoms with Gasteiger partial charge in [0.1, 0.15) is 5.56 Å². The third kappa shape index (κ3) is 3.50. The van der Waals surface area contributed by atoms with Crippen molar-refractivity contribution in [1.82, 2.24) is 25.1 Å². The van der Waals surface area contributed by atoms with Crippen LogP contribution in [0, 0.1) is 6.92 Å². The van der Waals surface area contributed by atoms with E-state index >= 15 is 0 Å². The summed E-state index contributed by atoms with van der Waals surface area (Å²) < 4.78 is 1.42. The molecule has 128 valence electrons. The maximum atomic E-state index is 12.5. The zero-order valence-electron chi connectivity index (χ0n) is 14.3. The van der Waals surface area contributed by atoms with Gasteiger partial charge in [-0.2, -0.15) is 5.10 Å². The SMILES string of the molecule is Cc1ccc(C(C)(C)NC(=O)c2cnc(-n3cccn3)[nH]c2=O)cc1. The maximum absolute atomic E-state index is 12.5. The molecule has 1 amide bonds. The van der Waals surface area contributed by atoms with Crippen molar-refractivity contribution in [2.24, 2.45) is 0 Å². The second-order valence-electron chi connectivity index (χ2n) is 6.35. The van der Waals surface area contributed by atoms with Crippen molar-refractivity contribution < 1.29 is 4.79 Å². The fourth-order valence-electron chi connectivity index (χ4n) is 2.45. The highest BCUT2D eigenvalue weighted by Gasteiger charge is 2.25. The van der Waals surface area contributed by atoms with Crippen LogP contribution in [0.1, 0.15) is 35.3 Å². The minimum absolute atomic E-state index is 0.0453. The second kappa shape index (κ2) is 6.35. The minimum Gasteiger partial charge on any atom is -0.343 e. The van der Waals surface area contributed by atoms with E-state index in [-0.39, 0.29) is 11.5 Å². The Labute approximate surface area is 144 Å². The zero-order chi connectivity index (χ0) is 18.0. The van der Waals surface area contributed by atoms with E-state index in [1.165, 1.54) is 10.9 Å². The van der Waals surface area contributed by atoms with Gasteiger partial charge in [0.2, 0.25) is 5.95 Å². The number of carbonyl (C=O) groups excluding carboxylic acids is 1. The number of aromatic nitrogens is 4. The standard InChI is InChI=1S/C18H19N5O2/c1-12-5-7-13(8-6-12)18(2,3)22-16(25)14-11-19-17(21-15(14)24)23-10-4-9-20-23/h4-11H,1-3H3,(H,22,25)(H,19,21,24). The molecule has 0 saturated carbocycles. The largest absolute Gasteiger partial charge is 0.343 e. The molecule has 2 heterocycles. The molecule has 2 N–H and O–H groups in total. The molecule has 0 radical (unpaired) electrons. The van der Waals surface area contributed by atoms with Crippen molar-refractivity contribution in [3.63, 3.8) is 0 Å². The number of nitrogens with one attached hydrogen (secondary N) is 2. The summed E-state index contributed by atoms with van der Waals surface area (Å²) in [5.74, 6) is -0.226. The van der Waals surface area contributed by atoms with Crippen molar-refractivity contribution in [1.29, 1.82) is 0 Å². The number of hydrogen-bond donors (Lipinski definition) is 2. The van der Waals surface area contributed by atoms with Gasteiger partial charge in [0.15, 0.2) is 0 Å². The summed E-state index contributed by atoms with van der Waals surface area (Å²) in [5, 5.41) is 6.87. The fraction of sp³-hybridized carbons (Fsp3) is 0.222. The Balaban J connectivity index is 1.83. The summed E-state index contributed by atoms with van der Waals surface area (Å²) in [6, 6.07) is 9.59. The van der Waals surface area contributed by atoms with Gasteiger partial charge >= 0.3 is 0 Å². The summed E-state index contributed by atoms with van der Waals surface area (Å²) in [5.41, 5.74) is 0.899.